The summed E-state index contributed by atoms with van der Waals surface area (Å²) in [7, 11) is 0. The van der Waals surface area contributed by atoms with E-state index in [4.69, 9.17) is 20.4 Å². The van der Waals surface area contributed by atoms with E-state index < -0.39 is 5.63 Å². The first-order valence-electron chi connectivity index (χ1n) is 10.2. The fourth-order valence-corrected chi connectivity index (χ4v) is 3.89. The summed E-state index contributed by atoms with van der Waals surface area (Å²) in [6.45, 7) is 2.05. The molecule has 0 atom stereocenters. The van der Waals surface area contributed by atoms with Crippen LogP contribution in [0.5, 0.6) is 0 Å². The van der Waals surface area contributed by atoms with Gasteiger partial charge in [0, 0.05) is 33.0 Å². The van der Waals surface area contributed by atoms with E-state index >= 15 is 0 Å². The Hall–Kier alpha value is -3.83. The molecule has 5 rings (SSSR count). The highest BCUT2D eigenvalue weighted by Crippen LogP contribution is 2.40. The average molecular weight is 444 g/mol. The predicted octanol–water partition coefficient (Wildman–Crippen LogP) is 6.67. The Bertz CT molecular complexity index is 1530. The molecule has 0 aliphatic heterocycles. The normalized spacial score (nSPS) is 11.2. The monoisotopic (exact) mass is 443 g/mol. The van der Waals surface area contributed by atoms with Crippen molar-refractivity contribution >= 4 is 45.1 Å². The van der Waals surface area contributed by atoms with Gasteiger partial charge >= 0.3 is 5.63 Å². The number of carbonyl (C=O) groups is 1. The summed E-state index contributed by atoms with van der Waals surface area (Å²) >= 11 is 5.95. The molecule has 0 radical (unpaired) electrons. The standard InChI is InChI=1S/C26H18ClNO4/c1-2-15-7-12-22-19(13-15)20(14-23(29)31-22)25-24(18-5-3-4-6-21(18)32-25)28-26(30)16-8-10-17(27)11-9-16/h3-14H,2H2,1H3,(H,28,30). The minimum atomic E-state index is -0.493. The lowest BCUT2D eigenvalue weighted by Gasteiger charge is -2.09. The van der Waals surface area contributed by atoms with Crippen LogP contribution in [0.4, 0.5) is 5.69 Å². The van der Waals surface area contributed by atoms with Crippen molar-refractivity contribution in [3.05, 3.63) is 99.4 Å². The molecule has 32 heavy (non-hydrogen) atoms. The minimum Gasteiger partial charge on any atom is -0.454 e. The van der Waals surface area contributed by atoms with E-state index in [-0.39, 0.29) is 5.91 Å². The van der Waals surface area contributed by atoms with Crippen LogP contribution in [-0.4, -0.2) is 5.91 Å². The summed E-state index contributed by atoms with van der Waals surface area (Å²) in [6, 6.07) is 21.1. The lowest BCUT2D eigenvalue weighted by molar-refractivity contribution is 0.102. The third kappa shape index (κ3) is 3.57. The molecular formula is C26H18ClNO4. The fourth-order valence-electron chi connectivity index (χ4n) is 3.76. The Labute approximate surface area is 188 Å². The quantitative estimate of drug-likeness (QED) is 0.315. The van der Waals surface area contributed by atoms with Crippen LogP contribution in [0.25, 0.3) is 33.3 Å². The van der Waals surface area contributed by atoms with Gasteiger partial charge in [-0.2, -0.15) is 0 Å². The first-order valence-corrected chi connectivity index (χ1v) is 10.6. The third-order valence-electron chi connectivity index (χ3n) is 5.40. The highest BCUT2D eigenvalue weighted by atomic mass is 35.5. The number of para-hydroxylation sites is 1. The van der Waals surface area contributed by atoms with Crippen LogP contribution in [0.2, 0.25) is 5.02 Å². The molecule has 0 unspecified atom stereocenters. The summed E-state index contributed by atoms with van der Waals surface area (Å²) in [6.07, 6.45) is 0.828. The number of fused-ring (bicyclic) bond motifs is 2. The van der Waals surface area contributed by atoms with Gasteiger partial charge in [-0.1, -0.05) is 36.7 Å². The summed E-state index contributed by atoms with van der Waals surface area (Å²) in [5, 5.41) is 4.99. The molecule has 5 nitrogen and oxygen atoms in total. The molecule has 1 N–H and O–H groups in total. The molecule has 0 saturated carbocycles. The van der Waals surface area contributed by atoms with Crippen LogP contribution in [0.1, 0.15) is 22.8 Å². The van der Waals surface area contributed by atoms with Gasteiger partial charge in [0.2, 0.25) is 0 Å². The van der Waals surface area contributed by atoms with Crippen molar-refractivity contribution < 1.29 is 13.6 Å². The Balaban J connectivity index is 1.73. The second-order valence-corrected chi connectivity index (χ2v) is 7.86. The van der Waals surface area contributed by atoms with Crippen LogP contribution < -0.4 is 10.9 Å². The van der Waals surface area contributed by atoms with Crippen LogP contribution >= 0.6 is 11.6 Å². The summed E-state index contributed by atoms with van der Waals surface area (Å²) in [5.74, 6) is 0.0932. The molecule has 158 valence electrons. The number of hydrogen-bond acceptors (Lipinski definition) is 4. The smallest absolute Gasteiger partial charge is 0.336 e. The average Bonchev–Trinajstić information content (AvgIpc) is 3.16. The molecule has 2 aromatic heterocycles. The lowest BCUT2D eigenvalue weighted by Crippen LogP contribution is -2.12. The highest BCUT2D eigenvalue weighted by Gasteiger charge is 2.21. The fraction of sp³-hybridized carbons (Fsp3) is 0.0769. The number of carbonyl (C=O) groups excluding carboxylic acids is 1. The second kappa shape index (κ2) is 8.02. The van der Waals surface area contributed by atoms with Gasteiger partial charge in [-0.25, -0.2) is 4.79 Å². The maximum atomic E-state index is 13.0. The number of hydrogen-bond donors (Lipinski definition) is 1. The van der Waals surface area contributed by atoms with E-state index in [1.54, 1.807) is 30.3 Å². The summed E-state index contributed by atoms with van der Waals surface area (Å²) in [5.41, 5.74) is 3.17. The van der Waals surface area contributed by atoms with Crippen molar-refractivity contribution in [2.24, 2.45) is 0 Å². The number of amides is 1. The molecule has 1 amide bonds. The van der Waals surface area contributed by atoms with E-state index in [9.17, 15) is 9.59 Å². The van der Waals surface area contributed by atoms with Gasteiger partial charge in [0.15, 0.2) is 5.76 Å². The van der Waals surface area contributed by atoms with Gasteiger partial charge in [-0.15, -0.1) is 0 Å². The Morgan fingerprint density at radius 3 is 2.44 bits per heavy atom. The zero-order chi connectivity index (χ0) is 22.2. The Morgan fingerprint density at radius 2 is 1.66 bits per heavy atom. The van der Waals surface area contributed by atoms with Crippen LogP contribution in [0, 0.1) is 0 Å². The van der Waals surface area contributed by atoms with Gasteiger partial charge in [-0.05, 0) is 60.5 Å². The molecule has 5 aromatic rings. The molecule has 2 heterocycles. The SMILES string of the molecule is CCc1ccc2oc(=O)cc(-c3oc4ccccc4c3NC(=O)c3ccc(Cl)cc3)c2c1. The van der Waals surface area contributed by atoms with Crippen LogP contribution in [0.15, 0.2) is 86.4 Å². The topological polar surface area (TPSA) is 72.5 Å². The number of halogens is 1. The third-order valence-corrected chi connectivity index (χ3v) is 5.65. The van der Waals surface area contributed by atoms with E-state index in [0.29, 0.717) is 38.8 Å². The maximum Gasteiger partial charge on any atom is 0.336 e. The molecule has 3 aromatic carbocycles. The number of rotatable bonds is 4. The Kier molecular flexibility index (Phi) is 5.04. The largest absolute Gasteiger partial charge is 0.454 e. The molecule has 0 spiro atoms. The Morgan fingerprint density at radius 1 is 0.906 bits per heavy atom. The van der Waals surface area contributed by atoms with Crippen LogP contribution in [0.3, 0.4) is 0 Å². The van der Waals surface area contributed by atoms with E-state index in [0.717, 1.165) is 22.8 Å². The molecule has 0 bridgehead atoms. The molecule has 0 saturated heterocycles. The molecule has 6 heteroatoms. The summed E-state index contributed by atoms with van der Waals surface area (Å²) in [4.78, 5) is 25.3. The molecule has 0 aliphatic rings. The van der Waals surface area contributed by atoms with E-state index in [2.05, 4.69) is 12.2 Å². The zero-order valence-corrected chi connectivity index (χ0v) is 17.9. The maximum absolute atomic E-state index is 13.0. The number of nitrogens with one attached hydrogen (secondary N) is 1. The molecule has 0 aliphatic carbocycles. The van der Waals surface area contributed by atoms with E-state index in [1.807, 2.05) is 36.4 Å². The van der Waals surface area contributed by atoms with Crippen molar-refractivity contribution in [2.75, 3.05) is 5.32 Å². The number of benzene rings is 3. The zero-order valence-electron chi connectivity index (χ0n) is 17.1. The van der Waals surface area contributed by atoms with Crippen molar-refractivity contribution in [3.63, 3.8) is 0 Å². The minimum absolute atomic E-state index is 0.309. The number of aryl methyl sites for hydroxylation is 1. The van der Waals surface area contributed by atoms with Gasteiger partial charge in [0.05, 0.1) is 5.69 Å². The van der Waals surface area contributed by atoms with Crippen molar-refractivity contribution in [1.29, 1.82) is 0 Å². The lowest BCUT2D eigenvalue weighted by atomic mass is 10.0. The first kappa shape index (κ1) is 20.1. The van der Waals surface area contributed by atoms with Gasteiger partial charge < -0.3 is 14.2 Å². The van der Waals surface area contributed by atoms with Gasteiger partial charge in [0.25, 0.3) is 5.91 Å². The second-order valence-electron chi connectivity index (χ2n) is 7.43. The van der Waals surface area contributed by atoms with Crippen molar-refractivity contribution in [3.8, 4) is 11.3 Å². The predicted molar refractivity (Wildman–Crippen MR) is 126 cm³/mol. The first-order chi connectivity index (χ1) is 15.5. The number of anilines is 1. The highest BCUT2D eigenvalue weighted by molar-refractivity contribution is 6.30. The van der Waals surface area contributed by atoms with Crippen molar-refractivity contribution in [2.45, 2.75) is 13.3 Å². The van der Waals surface area contributed by atoms with Gasteiger partial charge in [0.1, 0.15) is 11.2 Å². The molecule has 0 fully saturated rings. The molecular weight excluding hydrogens is 426 g/mol. The number of furan rings is 1. The van der Waals surface area contributed by atoms with Gasteiger partial charge in [-0.3, -0.25) is 4.79 Å². The van der Waals surface area contributed by atoms with E-state index in [1.165, 1.54) is 6.07 Å². The van der Waals surface area contributed by atoms with Crippen LogP contribution in [-0.2, 0) is 6.42 Å². The summed E-state index contributed by atoms with van der Waals surface area (Å²) < 4.78 is 11.6. The van der Waals surface area contributed by atoms with Crippen molar-refractivity contribution in [1.82, 2.24) is 0 Å².